The van der Waals surface area contributed by atoms with Gasteiger partial charge in [0.25, 0.3) is 0 Å². The van der Waals surface area contributed by atoms with Crippen LogP contribution in [0, 0.1) is 0 Å². The lowest BCUT2D eigenvalue weighted by molar-refractivity contribution is -0.154. The predicted molar refractivity (Wildman–Crippen MR) is 103 cm³/mol. The first-order chi connectivity index (χ1) is 11.8. The molecular formula is C20H26O4S. The topological polar surface area (TPSA) is 55.8 Å². The molecule has 0 heterocycles. The summed E-state index contributed by atoms with van der Waals surface area (Å²) in [5.74, 6) is 1.69. The number of fused-ring (bicyclic) bond motifs is 1. The first-order valence-corrected chi connectivity index (χ1v) is 9.58. The number of esters is 1. The molecule has 5 heteroatoms. The van der Waals surface area contributed by atoms with E-state index < -0.39 is 11.7 Å². The molecule has 0 radical (unpaired) electrons. The number of ether oxygens (including phenoxy) is 2. The minimum absolute atomic E-state index is 0.207. The molecule has 25 heavy (non-hydrogen) atoms. The molecule has 1 atom stereocenters. The van der Waals surface area contributed by atoms with Gasteiger partial charge in [0.1, 0.15) is 18.0 Å². The molecule has 4 nitrogen and oxygen atoms in total. The summed E-state index contributed by atoms with van der Waals surface area (Å²) in [4.78, 5) is 11.6. The van der Waals surface area contributed by atoms with Gasteiger partial charge in [-0.3, -0.25) is 4.79 Å². The van der Waals surface area contributed by atoms with Crippen molar-refractivity contribution in [3.8, 4) is 5.75 Å². The number of benzene rings is 2. The minimum atomic E-state index is -0.574. The molecule has 2 aromatic carbocycles. The second-order valence-electron chi connectivity index (χ2n) is 6.89. The zero-order valence-corrected chi connectivity index (χ0v) is 15.8. The van der Waals surface area contributed by atoms with Gasteiger partial charge in [-0.15, -0.1) is 0 Å². The molecule has 1 unspecified atom stereocenters. The van der Waals surface area contributed by atoms with E-state index in [4.69, 9.17) is 9.47 Å². The molecule has 2 aromatic rings. The van der Waals surface area contributed by atoms with Crippen LogP contribution in [0.15, 0.2) is 42.5 Å². The normalized spacial score (nSPS) is 12.8. The highest BCUT2D eigenvalue weighted by atomic mass is 32.2. The van der Waals surface area contributed by atoms with Gasteiger partial charge in [0.05, 0.1) is 12.5 Å². The second kappa shape index (κ2) is 9.11. The molecular weight excluding hydrogens is 336 g/mol. The first-order valence-electron chi connectivity index (χ1n) is 8.43. The van der Waals surface area contributed by atoms with Gasteiger partial charge in [0.15, 0.2) is 0 Å². The maximum Gasteiger partial charge on any atom is 0.307 e. The summed E-state index contributed by atoms with van der Waals surface area (Å²) in [6, 6.07) is 14.0. The zero-order valence-electron chi connectivity index (χ0n) is 15.0. The second-order valence-corrected chi connectivity index (χ2v) is 8.03. The van der Waals surface area contributed by atoms with Crippen LogP contribution in [0.1, 0.15) is 27.2 Å². The summed E-state index contributed by atoms with van der Waals surface area (Å²) >= 11 is 1.52. The van der Waals surface area contributed by atoms with Gasteiger partial charge in [-0.25, -0.2) is 0 Å². The number of aliphatic hydroxyl groups is 1. The third kappa shape index (κ3) is 7.36. The van der Waals surface area contributed by atoms with E-state index in [-0.39, 0.29) is 12.6 Å². The minimum Gasteiger partial charge on any atom is -0.491 e. The molecule has 0 aliphatic rings. The van der Waals surface area contributed by atoms with Crippen molar-refractivity contribution >= 4 is 28.5 Å². The number of aliphatic hydroxyl groups excluding tert-OH is 1. The summed E-state index contributed by atoms with van der Waals surface area (Å²) in [5.41, 5.74) is -0.449. The molecule has 0 spiro atoms. The Hall–Kier alpha value is -1.72. The molecule has 1 N–H and O–H groups in total. The van der Waals surface area contributed by atoms with Gasteiger partial charge in [-0.2, -0.15) is 11.8 Å². The number of carbonyl (C=O) groups excluding carboxylic acids is 1. The highest BCUT2D eigenvalue weighted by molar-refractivity contribution is 7.99. The summed E-state index contributed by atoms with van der Waals surface area (Å²) in [6.07, 6.45) is -0.227. The van der Waals surface area contributed by atoms with Gasteiger partial charge in [0, 0.05) is 11.5 Å². The lowest BCUT2D eigenvalue weighted by Gasteiger charge is -2.19. The number of hydrogen-bond donors (Lipinski definition) is 1. The fraction of sp³-hybridized carbons (Fsp3) is 0.450. The Morgan fingerprint density at radius 3 is 2.60 bits per heavy atom. The average Bonchev–Trinajstić information content (AvgIpc) is 2.55. The zero-order chi connectivity index (χ0) is 18.3. The molecule has 0 fully saturated rings. The Labute approximate surface area is 153 Å². The standard InChI is InChI=1S/C20H26O4S/c1-20(2,3)24-19(22)10-11-25-14-17(21)13-23-18-9-8-15-6-4-5-7-16(15)12-18/h4-9,12,17,21H,10-11,13-14H2,1-3H3. The van der Waals surface area contributed by atoms with Crippen molar-refractivity contribution in [1.82, 2.24) is 0 Å². The molecule has 0 aliphatic carbocycles. The van der Waals surface area contributed by atoms with Crippen molar-refractivity contribution in [2.45, 2.75) is 38.9 Å². The van der Waals surface area contributed by atoms with Gasteiger partial charge >= 0.3 is 5.97 Å². The smallest absolute Gasteiger partial charge is 0.307 e. The highest BCUT2D eigenvalue weighted by Gasteiger charge is 2.16. The summed E-state index contributed by atoms with van der Waals surface area (Å²) in [7, 11) is 0. The Balaban J connectivity index is 1.66. The molecule has 136 valence electrons. The Morgan fingerprint density at radius 2 is 1.88 bits per heavy atom. The van der Waals surface area contributed by atoms with Crippen molar-refractivity contribution in [1.29, 1.82) is 0 Å². The van der Waals surface area contributed by atoms with Crippen LogP contribution in [-0.4, -0.2) is 40.9 Å². The van der Waals surface area contributed by atoms with Crippen LogP contribution in [0.4, 0.5) is 0 Å². The quantitative estimate of drug-likeness (QED) is 0.567. The van der Waals surface area contributed by atoms with E-state index >= 15 is 0 Å². The predicted octanol–water partition coefficient (Wildman–Crippen LogP) is 4.04. The van der Waals surface area contributed by atoms with E-state index in [1.807, 2.05) is 57.2 Å². The molecule has 0 bridgehead atoms. The average molecular weight is 362 g/mol. The SMILES string of the molecule is CC(C)(C)OC(=O)CCSCC(O)COc1ccc2ccccc2c1. The van der Waals surface area contributed by atoms with Crippen LogP contribution in [-0.2, 0) is 9.53 Å². The summed E-state index contributed by atoms with van der Waals surface area (Å²) < 4.78 is 10.9. The van der Waals surface area contributed by atoms with Crippen LogP contribution in [0.3, 0.4) is 0 Å². The van der Waals surface area contributed by atoms with Crippen LogP contribution in [0.2, 0.25) is 0 Å². The van der Waals surface area contributed by atoms with Gasteiger partial charge in [-0.05, 0) is 43.7 Å². The van der Waals surface area contributed by atoms with Crippen LogP contribution < -0.4 is 4.74 Å². The van der Waals surface area contributed by atoms with E-state index in [0.29, 0.717) is 17.9 Å². The van der Waals surface area contributed by atoms with Crippen LogP contribution in [0.25, 0.3) is 10.8 Å². The van der Waals surface area contributed by atoms with Crippen LogP contribution >= 0.6 is 11.8 Å². The van der Waals surface area contributed by atoms with Gasteiger partial charge in [-0.1, -0.05) is 30.3 Å². The largest absolute Gasteiger partial charge is 0.491 e. The fourth-order valence-electron chi connectivity index (χ4n) is 2.27. The van der Waals surface area contributed by atoms with E-state index in [0.717, 1.165) is 16.5 Å². The summed E-state index contributed by atoms with van der Waals surface area (Å²) in [6.45, 7) is 5.79. The lowest BCUT2D eigenvalue weighted by Crippen LogP contribution is -2.24. The van der Waals surface area contributed by atoms with Crippen molar-refractivity contribution in [2.75, 3.05) is 18.1 Å². The monoisotopic (exact) mass is 362 g/mol. The highest BCUT2D eigenvalue weighted by Crippen LogP contribution is 2.21. The van der Waals surface area contributed by atoms with E-state index in [1.54, 1.807) is 0 Å². The van der Waals surface area contributed by atoms with Crippen molar-refractivity contribution in [3.05, 3.63) is 42.5 Å². The molecule has 0 aromatic heterocycles. The molecule has 2 rings (SSSR count). The van der Waals surface area contributed by atoms with E-state index in [2.05, 4.69) is 6.07 Å². The lowest BCUT2D eigenvalue weighted by atomic mass is 10.1. The first kappa shape index (κ1) is 19.6. The summed E-state index contributed by atoms with van der Waals surface area (Å²) in [5, 5.41) is 12.3. The Bertz CT molecular complexity index is 693. The van der Waals surface area contributed by atoms with Crippen molar-refractivity contribution in [3.63, 3.8) is 0 Å². The number of hydrogen-bond acceptors (Lipinski definition) is 5. The van der Waals surface area contributed by atoms with Gasteiger partial charge < -0.3 is 14.6 Å². The van der Waals surface area contributed by atoms with E-state index in [9.17, 15) is 9.90 Å². The number of thioether (sulfide) groups is 1. The van der Waals surface area contributed by atoms with E-state index in [1.165, 1.54) is 11.8 Å². The van der Waals surface area contributed by atoms with Gasteiger partial charge in [0.2, 0.25) is 0 Å². The number of rotatable bonds is 8. The molecule has 0 saturated carbocycles. The third-order valence-electron chi connectivity index (χ3n) is 3.34. The maximum atomic E-state index is 11.6. The maximum absolute atomic E-state index is 11.6. The molecule has 0 saturated heterocycles. The molecule has 0 amide bonds. The Morgan fingerprint density at radius 1 is 1.16 bits per heavy atom. The number of carbonyl (C=O) groups is 1. The molecule has 0 aliphatic heterocycles. The van der Waals surface area contributed by atoms with Crippen molar-refractivity contribution < 1.29 is 19.4 Å². The van der Waals surface area contributed by atoms with Crippen molar-refractivity contribution in [2.24, 2.45) is 0 Å². The fourth-order valence-corrected chi connectivity index (χ4v) is 3.11. The van der Waals surface area contributed by atoms with Crippen LogP contribution in [0.5, 0.6) is 5.75 Å². The Kier molecular flexibility index (Phi) is 7.14. The third-order valence-corrected chi connectivity index (χ3v) is 4.46.